The van der Waals surface area contributed by atoms with Crippen molar-refractivity contribution in [1.82, 2.24) is 9.80 Å². The molecule has 0 N–H and O–H groups in total. The molecule has 1 aromatic rings. The minimum atomic E-state index is 0.179. The van der Waals surface area contributed by atoms with Gasteiger partial charge in [-0.05, 0) is 48.9 Å². The monoisotopic (exact) mass is 348 g/mol. The number of carbonyl (C=O) groups excluding carboxylic acids is 1. The maximum Gasteiger partial charge on any atom is 0.253 e. The first-order valence-corrected chi connectivity index (χ1v) is 8.79. The predicted octanol–water partition coefficient (Wildman–Crippen LogP) is 3.01. The van der Waals surface area contributed by atoms with E-state index in [9.17, 15) is 4.79 Å². The van der Waals surface area contributed by atoms with Crippen LogP contribution < -0.4 is 0 Å². The number of hydrogen-bond donors (Lipinski definition) is 0. The van der Waals surface area contributed by atoms with Crippen molar-refractivity contribution in [3.63, 3.8) is 0 Å². The first kappa shape index (κ1) is 13.8. The summed E-state index contributed by atoms with van der Waals surface area (Å²) in [5.74, 6) is 2.07. The third-order valence-electron chi connectivity index (χ3n) is 5.51. The Morgan fingerprint density at radius 1 is 1.00 bits per heavy atom. The molecule has 1 aromatic carbocycles. The van der Waals surface area contributed by atoms with Crippen LogP contribution in [-0.4, -0.2) is 47.9 Å². The zero-order valence-electron chi connectivity index (χ0n) is 12.2. The molecule has 1 aliphatic carbocycles. The van der Waals surface area contributed by atoms with Crippen molar-refractivity contribution in [2.75, 3.05) is 26.2 Å². The molecule has 112 valence electrons. The van der Waals surface area contributed by atoms with Gasteiger partial charge in [0.25, 0.3) is 5.91 Å². The predicted molar refractivity (Wildman–Crippen MR) is 86.2 cm³/mol. The van der Waals surface area contributed by atoms with E-state index in [1.54, 1.807) is 0 Å². The lowest BCUT2D eigenvalue weighted by molar-refractivity contribution is 0.0313. The van der Waals surface area contributed by atoms with Gasteiger partial charge in [0.05, 0.1) is 0 Å². The molecule has 4 heteroatoms. The molecule has 2 atom stereocenters. The van der Waals surface area contributed by atoms with Crippen LogP contribution in [0.25, 0.3) is 0 Å². The van der Waals surface area contributed by atoms with Gasteiger partial charge in [0, 0.05) is 42.3 Å². The number of hydrogen-bond acceptors (Lipinski definition) is 2. The van der Waals surface area contributed by atoms with Gasteiger partial charge >= 0.3 is 0 Å². The molecule has 2 aliphatic heterocycles. The lowest BCUT2D eigenvalue weighted by Crippen LogP contribution is -2.60. The zero-order chi connectivity index (χ0) is 14.4. The summed E-state index contributed by atoms with van der Waals surface area (Å²) in [6.45, 7) is 4.37. The quantitative estimate of drug-likeness (QED) is 0.820. The summed E-state index contributed by atoms with van der Waals surface area (Å²) < 4.78 is 1.02. The van der Waals surface area contributed by atoms with Crippen LogP contribution in [0.4, 0.5) is 0 Å². The third-order valence-corrected chi connectivity index (χ3v) is 6.04. The summed E-state index contributed by atoms with van der Waals surface area (Å²) in [5.41, 5.74) is 0.801. The summed E-state index contributed by atoms with van der Waals surface area (Å²) in [6, 6.07) is 8.29. The number of rotatable bonds is 2. The SMILES string of the molecule is O=C(c1ccc(Br)cc1)N1CC(N2CC3CCCC3C2)C1. The molecule has 2 heterocycles. The second-order valence-corrected chi connectivity index (χ2v) is 7.69. The molecule has 0 spiro atoms. The second-order valence-electron chi connectivity index (χ2n) is 6.78. The molecule has 1 amide bonds. The van der Waals surface area contributed by atoms with Crippen LogP contribution in [0.5, 0.6) is 0 Å². The Labute approximate surface area is 134 Å². The maximum atomic E-state index is 12.4. The summed E-state index contributed by atoms with van der Waals surface area (Å²) in [5, 5.41) is 0. The van der Waals surface area contributed by atoms with E-state index in [-0.39, 0.29) is 5.91 Å². The van der Waals surface area contributed by atoms with Gasteiger partial charge in [-0.25, -0.2) is 0 Å². The highest BCUT2D eigenvalue weighted by Crippen LogP contribution is 2.39. The van der Waals surface area contributed by atoms with E-state index in [0.29, 0.717) is 6.04 Å². The summed E-state index contributed by atoms with van der Waals surface area (Å²) in [4.78, 5) is 17.0. The Balaban J connectivity index is 1.33. The van der Waals surface area contributed by atoms with Crippen LogP contribution in [-0.2, 0) is 0 Å². The van der Waals surface area contributed by atoms with Gasteiger partial charge < -0.3 is 4.90 Å². The molecule has 3 fully saturated rings. The first-order chi connectivity index (χ1) is 10.2. The molecular formula is C17H21BrN2O. The number of likely N-dealkylation sites (tertiary alicyclic amines) is 2. The van der Waals surface area contributed by atoms with Crippen LogP contribution in [0.2, 0.25) is 0 Å². The van der Waals surface area contributed by atoms with E-state index in [2.05, 4.69) is 20.8 Å². The molecule has 3 nitrogen and oxygen atoms in total. The number of amides is 1. The Bertz CT molecular complexity index is 526. The zero-order valence-corrected chi connectivity index (χ0v) is 13.8. The standard InChI is InChI=1S/C17H21BrN2O/c18-15-6-4-12(5-7-15)17(21)20-10-16(11-20)19-8-13-2-1-3-14(13)9-19/h4-7,13-14,16H,1-3,8-11H2. The Morgan fingerprint density at radius 3 is 2.24 bits per heavy atom. The normalized spacial score (nSPS) is 29.5. The highest BCUT2D eigenvalue weighted by Gasteiger charge is 2.43. The van der Waals surface area contributed by atoms with Crippen LogP contribution in [0.15, 0.2) is 28.7 Å². The van der Waals surface area contributed by atoms with Crippen LogP contribution >= 0.6 is 15.9 Å². The van der Waals surface area contributed by atoms with Crippen LogP contribution in [0.3, 0.4) is 0 Å². The summed E-state index contributed by atoms with van der Waals surface area (Å²) >= 11 is 3.41. The summed E-state index contributed by atoms with van der Waals surface area (Å²) in [7, 11) is 0. The van der Waals surface area contributed by atoms with E-state index in [0.717, 1.165) is 35.0 Å². The molecule has 2 unspecified atom stereocenters. The van der Waals surface area contributed by atoms with Crippen molar-refractivity contribution in [2.24, 2.45) is 11.8 Å². The van der Waals surface area contributed by atoms with E-state index in [4.69, 9.17) is 0 Å². The van der Waals surface area contributed by atoms with Gasteiger partial charge in [-0.3, -0.25) is 9.69 Å². The fourth-order valence-electron chi connectivity index (χ4n) is 4.20. The summed E-state index contributed by atoms with van der Waals surface area (Å²) in [6.07, 6.45) is 4.28. The van der Waals surface area contributed by atoms with Gasteiger partial charge in [0.1, 0.15) is 0 Å². The van der Waals surface area contributed by atoms with Crippen molar-refractivity contribution in [3.8, 4) is 0 Å². The van der Waals surface area contributed by atoms with Gasteiger partial charge in [-0.15, -0.1) is 0 Å². The molecule has 21 heavy (non-hydrogen) atoms. The molecular weight excluding hydrogens is 328 g/mol. The van der Waals surface area contributed by atoms with E-state index < -0.39 is 0 Å². The second kappa shape index (κ2) is 5.40. The maximum absolute atomic E-state index is 12.4. The van der Waals surface area contributed by atoms with E-state index >= 15 is 0 Å². The van der Waals surface area contributed by atoms with Crippen molar-refractivity contribution in [3.05, 3.63) is 34.3 Å². The molecule has 4 rings (SSSR count). The molecule has 0 radical (unpaired) electrons. The smallest absolute Gasteiger partial charge is 0.253 e. The number of fused-ring (bicyclic) bond motifs is 1. The Morgan fingerprint density at radius 2 is 1.62 bits per heavy atom. The molecule has 0 aromatic heterocycles. The average Bonchev–Trinajstić information content (AvgIpc) is 2.98. The van der Waals surface area contributed by atoms with Gasteiger partial charge in [-0.2, -0.15) is 0 Å². The topological polar surface area (TPSA) is 23.6 Å². The van der Waals surface area contributed by atoms with Gasteiger partial charge in [0.15, 0.2) is 0 Å². The highest BCUT2D eigenvalue weighted by molar-refractivity contribution is 9.10. The Hall–Kier alpha value is -0.870. The van der Waals surface area contributed by atoms with Crippen molar-refractivity contribution >= 4 is 21.8 Å². The van der Waals surface area contributed by atoms with Crippen molar-refractivity contribution in [2.45, 2.75) is 25.3 Å². The van der Waals surface area contributed by atoms with Crippen molar-refractivity contribution in [1.29, 1.82) is 0 Å². The van der Waals surface area contributed by atoms with Crippen LogP contribution in [0, 0.1) is 11.8 Å². The minimum absolute atomic E-state index is 0.179. The van der Waals surface area contributed by atoms with Crippen molar-refractivity contribution < 1.29 is 4.79 Å². The fraction of sp³-hybridized carbons (Fsp3) is 0.588. The average molecular weight is 349 g/mol. The number of carbonyl (C=O) groups is 1. The lowest BCUT2D eigenvalue weighted by Gasteiger charge is -2.44. The molecule has 2 saturated heterocycles. The lowest BCUT2D eigenvalue weighted by atomic mass is 10.0. The van der Waals surface area contributed by atoms with Crippen LogP contribution in [0.1, 0.15) is 29.6 Å². The van der Waals surface area contributed by atoms with E-state index in [1.807, 2.05) is 29.2 Å². The number of halogens is 1. The molecule has 3 aliphatic rings. The number of nitrogens with zero attached hydrogens (tertiary/aromatic N) is 2. The first-order valence-electron chi connectivity index (χ1n) is 7.99. The molecule has 0 bridgehead atoms. The number of benzene rings is 1. The van der Waals surface area contributed by atoms with Gasteiger partial charge in [-0.1, -0.05) is 22.4 Å². The highest BCUT2D eigenvalue weighted by atomic mass is 79.9. The Kier molecular flexibility index (Phi) is 3.54. The fourth-order valence-corrected chi connectivity index (χ4v) is 4.46. The third kappa shape index (κ3) is 2.53. The minimum Gasteiger partial charge on any atom is -0.335 e. The van der Waals surface area contributed by atoms with E-state index in [1.165, 1.54) is 32.4 Å². The largest absolute Gasteiger partial charge is 0.335 e. The molecule has 1 saturated carbocycles. The van der Waals surface area contributed by atoms with Gasteiger partial charge in [0.2, 0.25) is 0 Å².